The largest absolute Gasteiger partial charge is 0.425 e. The van der Waals surface area contributed by atoms with Crippen LogP contribution < -0.4 is 4.74 Å². The van der Waals surface area contributed by atoms with Gasteiger partial charge in [-0.1, -0.05) is 13.0 Å². The summed E-state index contributed by atoms with van der Waals surface area (Å²) in [5.41, 5.74) is -3.77. The summed E-state index contributed by atoms with van der Waals surface area (Å²) in [6, 6.07) is 5.96. The third kappa shape index (κ3) is 2.51. The predicted octanol–water partition coefficient (Wildman–Crippen LogP) is 3.38. The van der Waals surface area contributed by atoms with Gasteiger partial charge in [0.15, 0.2) is 6.17 Å². The maximum atomic E-state index is 14.8. The number of nitrogens with zero attached hydrogens (tertiary/aromatic N) is 2. The molecular formula is C19H17F3N2O3. The summed E-state index contributed by atoms with van der Waals surface area (Å²) in [6.07, 6.45) is -2.83. The second-order valence-electron chi connectivity index (χ2n) is 7.45. The molecule has 1 aromatic carbocycles. The molecule has 0 amide bonds. The molecule has 0 spiro atoms. The Labute approximate surface area is 154 Å². The van der Waals surface area contributed by atoms with Gasteiger partial charge >= 0.3 is 5.97 Å². The van der Waals surface area contributed by atoms with Crippen LogP contribution in [-0.2, 0) is 11.4 Å². The molecule has 2 bridgehead atoms. The first-order valence-corrected chi connectivity index (χ1v) is 8.48. The molecule has 5 nitrogen and oxygen atoms in total. The van der Waals surface area contributed by atoms with E-state index in [9.17, 15) is 33.6 Å². The number of rotatable bonds is 3. The van der Waals surface area contributed by atoms with Crippen molar-refractivity contribution in [3.05, 3.63) is 28.8 Å². The normalized spacial score (nSPS) is 31.0. The first kappa shape index (κ1) is 19.2. The average Bonchev–Trinajstić information content (AvgIpc) is 2.66. The first-order valence-electron chi connectivity index (χ1n) is 8.48. The summed E-state index contributed by atoms with van der Waals surface area (Å²) in [5.74, 6) is -5.12. The Hall–Kier alpha value is -2.58. The Kier molecular flexibility index (Phi) is 4.44. The fraction of sp³-hybridized carbons (Fsp3) is 0.526. The number of nitriles is 2. The summed E-state index contributed by atoms with van der Waals surface area (Å²) in [7, 11) is 0. The number of alkyl halides is 3. The van der Waals surface area contributed by atoms with Gasteiger partial charge in [0.1, 0.15) is 28.9 Å². The Morgan fingerprint density at radius 1 is 1.22 bits per heavy atom. The van der Waals surface area contributed by atoms with Gasteiger partial charge in [0.2, 0.25) is 0 Å². The van der Waals surface area contributed by atoms with E-state index in [1.54, 1.807) is 12.1 Å². The van der Waals surface area contributed by atoms with E-state index in [0.29, 0.717) is 0 Å². The standard InChI is InChI=1S/C19H17F3N2O3/c1-17-4-6-18(7-5-17,15(20)19(17,21)22)16(26)27-14-3-2-11(10-25)12(8-23)13(14)9-24/h2-3,15,25H,4-7,10H2,1H3. The first-order chi connectivity index (χ1) is 12.7. The maximum Gasteiger partial charge on any atom is 0.320 e. The number of ether oxygens (including phenoxy) is 1. The van der Waals surface area contributed by atoms with Crippen LogP contribution in [0.3, 0.4) is 0 Å². The minimum absolute atomic E-state index is 0.00643. The second-order valence-corrected chi connectivity index (χ2v) is 7.45. The molecule has 27 heavy (non-hydrogen) atoms. The molecular weight excluding hydrogens is 361 g/mol. The van der Waals surface area contributed by atoms with Crippen LogP contribution in [-0.4, -0.2) is 23.2 Å². The molecule has 0 saturated heterocycles. The van der Waals surface area contributed by atoms with Crippen molar-refractivity contribution in [1.29, 1.82) is 10.5 Å². The van der Waals surface area contributed by atoms with Crippen LogP contribution >= 0.6 is 0 Å². The fourth-order valence-electron chi connectivity index (χ4n) is 4.08. The van der Waals surface area contributed by atoms with Crippen molar-refractivity contribution >= 4 is 5.97 Å². The molecule has 8 heteroatoms. The van der Waals surface area contributed by atoms with Gasteiger partial charge in [-0.2, -0.15) is 10.5 Å². The van der Waals surface area contributed by atoms with E-state index in [1.165, 1.54) is 19.1 Å². The van der Waals surface area contributed by atoms with Crippen molar-refractivity contribution in [2.75, 3.05) is 0 Å². The Bertz CT molecular complexity index is 877. The molecule has 1 atom stereocenters. The zero-order chi connectivity index (χ0) is 20.0. The summed E-state index contributed by atoms with van der Waals surface area (Å²) >= 11 is 0. The number of fused-ring (bicyclic) bond motifs is 3. The Morgan fingerprint density at radius 2 is 1.81 bits per heavy atom. The SMILES string of the molecule is CC12CCC(C(=O)Oc3ccc(CO)c(C#N)c3C#N)(CC1)C(F)C2(F)F. The zero-order valence-corrected chi connectivity index (χ0v) is 14.6. The molecule has 1 N–H and O–H groups in total. The average molecular weight is 378 g/mol. The molecule has 1 aromatic rings. The number of benzene rings is 1. The van der Waals surface area contributed by atoms with Crippen molar-refractivity contribution < 1.29 is 27.8 Å². The lowest BCUT2D eigenvalue weighted by molar-refractivity contribution is -0.261. The van der Waals surface area contributed by atoms with E-state index in [4.69, 9.17) is 4.74 Å². The lowest BCUT2D eigenvalue weighted by Crippen LogP contribution is -2.65. The van der Waals surface area contributed by atoms with E-state index >= 15 is 0 Å². The molecule has 142 valence electrons. The quantitative estimate of drug-likeness (QED) is 0.643. The lowest BCUT2D eigenvalue weighted by atomic mass is 9.51. The van der Waals surface area contributed by atoms with Gasteiger partial charge in [-0.3, -0.25) is 4.79 Å². The molecule has 3 saturated carbocycles. The zero-order valence-electron chi connectivity index (χ0n) is 14.6. The summed E-state index contributed by atoms with van der Waals surface area (Å²) in [6.45, 7) is 0.821. The molecule has 1 unspecified atom stereocenters. The highest BCUT2D eigenvalue weighted by Gasteiger charge is 2.72. The number of carbonyl (C=O) groups is 1. The van der Waals surface area contributed by atoms with E-state index in [0.717, 1.165) is 0 Å². The highest BCUT2D eigenvalue weighted by molar-refractivity contribution is 5.82. The number of aliphatic hydroxyl groups excluding tert-OH is 1. The van der Waals surface area contributed by atoms with Crippen LogP contribution in [0.4, 0.5) is 13.2 Å². The van der Waals surface area contributed by atoms with Gasteiger partial charge in [0, 0.05) is 5.41 Å². The molecule has 3 aliphatic rings. The minimum atomic E-state index is -3.65. The van der Waals surface area contributed by atoms with E-state index in [1.807, 2.05) is 0 Å². The molecule has 0 radical (unpaired) electrons. The minimum Gasteiger partial charge on any atom is -0.425 e. The third-order valence-corrected chi connectivity index (χ3v) is 6.11. The van der Waals surface area contributed by atoms with Crippen molar-refractivity contribution in [3.63, 3.8) is 0 Å². The van der Waals surface area contributed by atoms with Crippen LogP contribution in [0.2, 0.25) is 0 Å². The van der Waals surface area contributed by atoms with Gasteiger partial charge in [-0.25, -0.2) is 13.2 Å². The fourth-order valence-corrected chi connectivity index (χ4v) is 4.08. The number of esters is 1. The monoisotopic (exact) mass is 378 g/mol. The van der Waals surface area contributed by atoms with Crippen molar-refractivity contribution in [1.82, 2.24) is 0 Å². The number of hydrogen-bond donors (Lipinski definition) is 1. The van der Waals surface area contributed by atoms with Gasteiger partial charge in [-0.15, -0.1) is 0 Å². The summed E-state index contributed by atoms with van der Waals surface area (Å²) < 4.78 is 48.9. The molecule has 0 aromatic heterocycles. The highest BCUT2D eigenvalue weighted by atomic mass is 19.3. The topological polar surface area (TPSA) is 94.1 Å². The summed E-state index contributed by atoms with van der Waals surface area (Å²) in [4.78, 5) is 12.7. The smallest absolute Gasteiger partial charge is 0.320 e. The van der Waals surface area contributed by atoms with Crippen molar-refractivity contribution in [2.45, 2.75) is 51.3 Å². The van der Waals surface area contributed by atoms with Crippen LogP contribution in [0.5, 0.6) is 5.75 Å². The highest BCUT2D eigenvalue weighted by Crippen LogP contribution is 2.64. The maximum absolute atomic E-state index is 14.8. The number of hydrogen-bond acceptors (Lipinski definition) is 5. The van der Waals surface area contributed by atoms with Crippen molar-refractivity contribution in [3.8, 4) is 17.9 Å². The van der Waals surface area contributed by atoms with E-state index < -0.39 is 35.5 Å². The van der Waals surface area contributed by atoms with Gasteiger partial charge < -0.3 is 9.84 Å². The van der Waals surface area contributed by atoms with Crippen LogP contribution in [0.25, 0.3) is 0 Å². The molecule has 4 rings (SSSR count). The van der Waals surface area contributed by atoms with Gasteiger partial charge in [0.25, 0.3) is 5.92 Å². The molecule has 3 fully saturated rings. The lowest BCUT2D eigenvalue weighted by Gasteiger charge is -2.56. The number of aliphatic hydroxyl groups is 1. The molecule has 0 heterocycles. The molecule has 0 aliphatic heterocycles. The number of halogens is 3. The Balaban J connectivity index is 1.98. The number of carbonyl (C=O) groups excluding carboxylic acids is 1. The van der Waals surface area contributed by atoms with Crippen LogP contribution in [0.1, 0.15) is 49.3 Å². The van der Waals surface area contributed by atoms with Crippen LogP contribution in [0, 0.1) is 33.5 Å². The Morgan fingerprint density at radius 3 is 2.33 bits per heavy atom. The molecule has 3 aliphatic carbocycles. The third-order valence-electron chi connectivity index (χ3n) is 6.11. The van der Waals surface area contributed by atoms with Gasteiger partial charge in [-0.05, 0) is 37.3 Å². The van der Waals surface area contributed by atoms with Crippen molar-refractivity contribution in [2.24, 2.45) is 10.8 Å². The summed E-state index contributed by atoms with van der Waals surface area (Å²) in [5, 5.41) is 27.7. The van der Waals surface area contributed by atoms with E-state index in [2.05, 4.69) is 0 Å². The predicted molar refractivity (Wildman–Crippen MR) is 86.3 cm³/mol. The van der Waals surface area contributed by atoms with Crippen LogP contribution in [0.15, 0.2) is 12.1 Å². The van der Waals surface area contributed by atoms with Gasteiger partial charge in [0.05, 0.1) is 12.2 Å². The van der Waals surface area contributed by atoms with E-state index in [-0.39, 0.29) is 48.1 Å². The second kappa shape index (κ2) is 6.24.